The quantitative estimate of drug-likeness (QED) is 0.692. The first kappa shape index (κ1) is 16.5. The first-order valence-electron chi connectivity index (χ1n) is 8.02. The summed E-state index contributed by atoms with van der Waals surface area (Å²) >= 11 is 0. The van der Waals surface area contributed by atoms with Crippen molar-refractivity contribution in [3.05, 3.63) is 89.7 Å². The Morgan fingerprint density at radius 3 is 2.25 bits per heavy atom. The zero-order chi connectivity index (χ0) is 17.2. The van der Waals surface area contributed by atoms with E-state index in [1.807, 2.05) is 43.3 Å². The molecule has 0 radical (unpaired) electrons. The summed E-state index contributed by atoms with van der Waals surface area (Å²) in [4.78, 5) is 0.318. The third kappa shape index (κ3) is 3.29. The van der Waals surface area contributed by atoms with Gasteiger partial charge in [0.15, 0.2) is 0 Å². The van der Waals surface area contributed by atoms with Gasteiger partial charge in [0, 0.05) is 11.9 Å². The summed E-state index contributed by atoms with van der Waals surface area (Å²) in [6.45, 7) is 4.06. The van der Waals surface area contributed by atoms with Crippen molar-refractivity contribution < 1.29 is 8.42 Å². The zero-order valence-corrected chi connectivity index (χ0v) is 14.7. The monoisotopic (exact) mass is 339 g/mol. The zero-order valence-electron chi connectivity index (χ0n) is 13.9. The van der Waals surface area contributed by atoms with Gasteiger partial charge in [0.2, 0.25) is 0 Å². The fraction of sp³-hybridized carbons (Fsp3) is 0.200. The van der Waals surface area contributed by atoms with E-state index in [2.05, 4.69) is 19.1 Å². The van der Waals surface area contributed by atoms with Crippen LogP contribution in [-0.4, -0.2) is 12.4 Å². The molecule has 0 amide bonds. The number of aryl methyl sites for hydroxylation is 1. The number of rotatable bonds is 5. The molecule has 1 atom stereocenters. The number of hydrogen-bond acceptors (Lipinski definition) is 2. The second-order valence-corrected chi connectivity index (χ2v) is 7.94. The van der Waals surface area contributed by atoms with Crippen molar-refractivity contribution in [2.75, 3.05) is 0 Å². The first-order chi connectivity index (χ1) is 11.5. The van der Waals surface area contributed by atoms with Crippen molar-refractivity contribution in [1.82, 2.24) is 3.97 Å². The van der Waals surface area contributed by atoms with Crippen LogP contribution in [0.15, 0.2) is 77.8 Å². The molecule has 3 nitrogen and oxygen atoms in total. The summed E-state index contributed by atoms with van der Waals surface area (Å²) < 4.78 is 27.2. The van der Waals surface area contributed by atoms with Gasteiger partial charge in [-0.1, -0.05) is 55.0 Å². The second-order valence-electron chi connectivity index (χ2n) is 6.13. The van der Waals surface area contributed by atoms with Crippen molar-refractivity contribution in [3.8, 4) is 0 Å². The Morgan fingerprint density at radius 2 is 1.58 bits per heavy atom. The van der Waals surface area contributed by atoms with Crippen LogP contribution in [0, 0.1) is 6.92 Å². The lowest BCUT2D eigenvalue weighted by atomic mass is 9.96. The standard InChI is InChI=1S/C20H21NO2S/c1-16-10-12-20(13-11-16)24(22,23)21-14-6-9-19(21)15-17(2)18-7-4-3-5-8-18/h3-14,17H,15H2,1-2H3. The highest BCUT2D eigenvalue weighted by atomic mass is 32.2. The molecule has 1 aromatic heterocycles. The SMILES string of the molecule is Cc1ccc(S(=O)(=O)n2cccc2CC(C)c2ccccc2)cc1. The molecule has 3 aromatic rings. The van der Waals surface area contributed by atoms with Gasteiger partial charge in [-0.25, -0.2) is 12.4 Å². The average Bonchev–Trinajstić information content (AvgIpc) is 3.05. The van der Waals surface area contributed by atoms with Crippen LogP contribution in [0.3, 0.4) is 0 Å². The minimum absolute atomic E-state index is 0.244. The van der Waals surface area contributed by atoms with E-state index in [1.165, 1.54) is 9.54 Å². The van der Waals surface area contributed by atoms with Gasteiger partial charge in [0.05, 0.1) is 4.90 Å². The Kier molecular flexibility index (Phi) is 4.58. The maximum Gasteiger partial charge on any atom is 0.267 e. The summed E-state index contributed by atoms with van der Waals surface area (Å²) in [5.41, 5.74) is 3.05. The predicted octanol–water partition coefficient (Wildman–Crippen LogP) is 4.38. The molecule has 0 aliphatic carbocycles. The molecule has 24 heavy (non-hydrogen) atoms. The van der Waals surface area contributed by atoms with Crippen LogP contribution in [0.1, 0.15) is 29.7 Å². The minimum atomic E-state index is -3.55. The van der Waals surface area contributed by atoms with Crippen LogP contribution < -0.4 is 0 Å². The van der Waals surface area contributed by atoms with E-state index < -0.39 is 10.0 Å². The van der Waals surface area contributed by atoms with E-state index in [-0.39, 0.29) is 5.92 Å². The number of nitrogens with zero attached hydrogens (tertiary/aromatic N) is 1. The molecule has 0 saturated heterocycles. The lowest BCUT2D eigenvalue weighted by Gasteiger charge is -2.15. The normalized spacial score (nSPS) is 12.9. The molecule has 4 heteroatoms. The smallest absolute Gasteiger partial charge is 0.246 e. The highest BCUT2D eigenvalue weighted by Crippen LogP contribution is 2.23. The van der Waals surface area contributed by atoms with Crippen molar-refractivity contribution >= 4 is 10.0 Å². The lowest BCUT2D eigenvalue weighted by Crippen LogP contribution is -2.16. The topological polar surface area (TPSA) is 39.1 Å². The highest BCUT2D eigenvalue weighted by Gasteiger charge is 2.20. The Balaban J connectivity index is 1.91. The molecular weight excluding hydrogens is 318 g/mol. The van der Waals surface area contributed by atoms with Gasteiger partial charge in [-0.15, -0.1) is 0 Å². The molecule has 1 unspecified atom stereocenters. The third-order valence-corrected chi connectivity index (χ3v) is 6.00. The van der Waals surface area contributed by atoms with E-state index >= 15 is 0 Å². The molecule has 0 spiro atoms. The Morgan fingerprint density at radius 1 is 0.917 bits per heavy atom. The molecule has 0 N–H and O–H groups in total. The van der Waals surface area contributed by atoms with Crippen LogP contribution in [0.4, 0.5) is 0 Å². The summed E-state index contributed by atoms with van der Waals surface area (Å²) in [7, 11) is -3.55. The molecule has 0 saturated carbocycles. The summed E-state index contributed by atoms with van der Waals surface area (Å²) in [5.74, 6) is 0.244. The van der Waals surface area contributed by atoms with Gasteiger partial charge < -0.3 is 0 Å². The van der Waals surface area contributed by atoms with E-state index in [9.17, 15) is 8.42 Å². The van der Waals surface area contributed by atoms with Gasteiger partial charge in [0.1, 0.15) is 0 Å². The van der Waals surface area contributed by atoms with Gasteiger partial charge in [-0.3, -0.25) is 0 Å². The maximum absolute atomic E-state index is 12.9. The average molecular weight is 339 g/mol. The molecule has 0 aliphatic heterocycles. The van der Waals surface area contributed by atoms with Gasteiger partial charge in [-0.05, 0) is 49.1 Å². The maximum atomic E-state index is 12.9. The highest BCUT2D eigenvalue weighted by molar-refractivity contribution is 7.90. The fourth-order valence-corrected chi connectivity index (χ4v) is 4.21. The van der Waals surface area contributed by atoms with E-state index in [1.54, 1.807) is 24.4 Å². The Hall–Kier alpha value is -2.33. The van der Waals surface area contributed by atoms with Crippen LogP contribution in [0.25, 0.3) is 0 Å². The molecule has 1 heterocycles. The summed E-state index contributed by atoms with van der Waals surface area (Å²) in [6.07, 6.45) is 2.30. The molecule has 0 bridgehead atoms. The van der Waals surface area contributed by atoms with Crippen LogP contribution >= 0.6 is 0 Å². The van der Waals surface area contributed by atoms with Crippen LogP contribution in [-0.2, 0) is 16.4 Å². The van der Waals surface area contributed by atoms with Crippen molar-refractivity contribution in [3.63, 3.8) is 0 Å². The van der Waals surface area contributed by atoms with Crippen LogP contribution in [0.2, 0.25) is 0 Å². The first-order valence-corrected chi connectivity index (χ1v) is 9.46. The van der Waals surface area contributed by atoms with Crippen LogP contribution in [0.5, 0.6) is 0 Å². The fourth-order valence-electron chi connectivity index (χ4n) is 2.83. The molecule has 2 aromatic carbocycles. The molecule has 3 rings (SSSR count). The van der Waals surface area contributed by atoms with Crippen molar-refractivity contribution in [2.45, 2.75) is 31.1 Å². The van der Waals surface area contributed by atoms with Gasteiger partial charge >= 0.3 is 0 Å². The van der Waals surface area contributed by atoms with E-state index in [0.29, 0.717) is 11.3 Å². The number of benzene rings is 2. The number of aromatic nitrogens is 1. The minimum Gasteiger partial charge on any atom is -0.246 e. The van der Waals surface area contributed by atoms with Gasteiger partial charge in [-0.2, -0.15) is 0 Å². The predicted molar refractivity (Wildman–Crippen MR) is 96.8 cm³/mol. The molecule has 0 aliphatic rings. The molecular formula is C20H21NO2S. The third-order valence-electron chi connectivity index (χ3n) is 4.25. The number of hydrogen-bond donors (Lipinski definition) is 0. The molecule has 124 valence electrons. The summed E-state index contributed by atoms with van der Waals surface area (Å²) in [5, 5.41) is 0. The Bertz CT molecular complexity index is 910. The largest absolute Gasteiger partial charge is 0.267 e. The second kappa shape index (κ2) is 6.65. The van der Waals surface area contributed by atoms with E-state index in [0.717, 1.165) is 11.3 Å². The van der Waals surface area contributed by atoms with Gasteiger partial charge in [0.25, 0.3) is 10.0 Å². The van der Waals surface area contributed by atoms with Crippen molar-refractivity contribution in [2.24, 2.45) is 0 Å². The Labute approximate surface area is 143 Å². The van der Waals surface area contributed by atoms with E-state index in [4.69, 9.17) is 0 Å². The summed E-state index contributed by atoms with van der Waals surface area (Å²) in [6, 6.07) is 20.8. The van der Waals surface area contributed by atoms with Crippen molar-refractivity contribution in [1.29, 1.82) is 0 Å². The lowest BCUT2D eigenvalue weighted by molar-refractivity contribution is 0.583. The molecule has 0 fully saturated rings.